The average molecular weight is 256 g/mol. The third-order valence-electron chi connectivity index (χ3n) is 2.78. The number of nitrogens with one attached hydrogen (secondary N) is 1. The molecule has 0 unspecified atom stereocenters. The lowest BCUT2D eigenvalue weighted by atomic mass is 10.1. The maximum absolute atomic E-state index is 9.06. The normalized spacial score (nSPS) is 10.2. The summed E-state index contributed by atoms with van der Waals surface area (Å²) < 4.78 is 5.66. The van der Waals surface area contributed by atoms with Gasteiger partial charge in [-0.05, 0) is 17.7 Å². The molecule has 4 heteroatoms. The fourth-order valence-electron chi connectivity index (χ4n) is 1.80. The highest BCUT2D eigenvalue weighted by molar-refractivity contribution is 5.96. The Labute approximate surface area is 112 Å². The Morgan fingerprint density at radius 3 is 2.68 bits per heavy atom. The van der Waals surface area contributed by atoms with Crippen molar-refractivity contribution in [2.24, 2.45) is 5.73 Å². The second kappa shape index (κ2) is 6.02. The summed E-state index contributed by atoms with van der Waals surface area (Å²) in [4.78, 5) is 0. The lowest BCUT2D eigenvalue weighted by Crippen LogP contribution is -2.14. The van der Waals surface area contributed by atoms with Crippen LogP contribution in [0.1, 0.15) is 16.7 Å². The van der Waals surface area contributed by atoms with Gasteiger partial charge in [-0.15, -0.1) is 0 Å². The Kier molecular flexibility index (Phi) is 4.15. The number of aliphatic hydroxyl groups excluding tert-OH is 1. The van der Waals surface area contributed by atoms with E-state index in [0.717, 1.165) is 11.1 Å². The van der Waals surface area contributed by atoms with Gasteiger partial charge in [0.15, 0.2) is 0 Å². The molecule has 4 nitrogen and oxygen atoms in total. The van der Waals surface area contributed by atoms with Gasteiger partial charge in [0.25, 0.3) is 0 Å². The SMILES string of the molecule is N=C(N)c1ccccc1COc1cccc(CO)c1. The number of ether oxygens (including phenoxy) is 1. The second-order valence-electron chi connectivity index (χ2n) is 4.17. The maximum atomic E-state index is 9.06. The number of nitrogens with two attached hydrogens (primary N) is 1. The fraction of sp³-hybridized carbons (Fsp3) is 0.133. The zero-order chi connectivity index (χ0) is 13.7. The molecular weight excluding hydrogens is 240 g/mol. The number of benzene rings is 2. The number of hydrogen-bond donors (Lipinski definition) is 3. The van der Waals surface area contributed by atoms with E-state index in [0.29, 0.717) is 17.9 Å². The quantitative estimate of drug-likeness (QED) is 0.565. The van der Waals surface area contributed by atoms with E-state index in [1.807, 2.05) is 36.4 Å². The molecule has 19 heavy (non-hydrogen) atoms. The summed E-state index contributed by atoms with van der Waals surface area (Å²) in [5.41, 5.74) is 7.87. The van der Waals surface area contributed by atoms with Gasteiger partial charge in [-0.1, -0.05) is 36.4 Å². The first-order valence-electron chi connectivity index (χ1n) is 5.95. The molecule has 0 saturated heterocycles. The van der Waals surface area contributed by atoms with Crippen molar-refractivity contribution in [3.63, 3.8) is 0 Å². The smallest absolute Gasteiger partial charge is 0.123 e. The number of rotatable bonds is 5. The third kappa shape index (κ3) is 3.33. The fourth-order valence-corrected chi connectivity index (χ4v) is 1.80. The number of nitrogen functional groups attached to an aromatic ring is 1. The number of aliphatic hydroxyl groups is 1. The molecular formula is C15H16N2O2. The predicted molar refractivity (Wildman–Crippen MR) is 74.2 cm³/mol. The van der Waals surface area contributed by atoms with E-state index < -0.39 is 0 Å². The van der Waals surface area contributed by atoms with E-state index in [1.54, 1.807) is 12.1 Å². The number of hydrogen-bond acceptors (Lipinski definition) is 3. The molecule has 0 amide bonds. The summed E-state index contributed by atoms with van der Waals surface area (Å²) in [6, 6.07) is 14.7. The van der Waals surface area contributed by atoms with Gasteiger partial charge in [0.1, 0.15) is 18.2 Å². The van der Waals surface area contributed by atoms with E-state index in [1.165, 1.54) is 0 Å². The van der Waals surface area contributed by atoms with Crippen LogP contribution in [0.3, 0.4) is 0 Å². The lowest BCUT2D eigenvalue weighted by Gasteiger charge is -2.10. The summed E-state index contributed by atoms with van der Waals surface area (Å²) in [6.07, 6.45) is 0. The minimum atomic E-state index is -0.0127. The van der Waals surface area contributed by atoms with Crippen molar-refractivity contribution in [1.82, 2.24) is 0 Å². The molecule has 0 atom stereocenters. The number of amidine groups is 1. The van der Waals surface area contributed by atoms with Gasteiger partial charge in [0, 0.05) is 11.1 Å². The van der Waals surface area contributed by atoms with Crippen LogP contribution in [-0.4, -0.2) is 10.9 Å². The highest BCUT2D eigenvalue weighted by atomic mass is 16.5. The molecule has 0 aliphatic rings. The van der Waals surface area contributed by atoms with Gasteiger partial charge >= 0.3 is 0 Å². The topological polar surface area (TPSA) is 79.3 Å². The van der Waals surface area contributed by atoms with Gasteiger partial charge in [0.2, 0.25) is 0 Å². The average Bonchev–Trinajstić information content (AvgIpc) is 2.45. The van der Waals surface area contributed by atoms with Crippen LogP contribution in [0.5, 0.6) is 5.75 Å². The molecule has 98 valence electrons. The molecule has 0 radical (unpaired) electrons. The first-order valence-corrected chi connectivity index (χ1v) is 5.95. The molecule has 2 rings (SSSR count). The van der Waals surface area contributed by atoms with Gasteiger partial charge in [-0.25, -0.2) is 0 Å². The van der Waals surface area contributed by atoms with Crippen molar-refractivity contribution in [2.45, 2.75) is 13.2 Å². The van der Waals surface area contributed by atoms with Gasteiger partial charge in [-0.3, -0.25) is 5.41 Å². The Morgan fingerprint density at radius 2 is 1.95 bits per heavy atom. The summed E-state index contributed by atoms with van der Waals surface area (Å²) >= 11 is 0. The first kappa shape index (κ1) is 13.1. The summed E-state index contributed by atoms with van der Waals surface area (Å²) in [6.45, 7) is 0.325. The molecule has 0 aliphatic carbocycles. The first-order chi connectivity index (χ1) is 9.20. The third-order valence-corrected chi connectivity index (χ3v) is 2.78. The summed E-state index contributed by atoms with van der Waals surface area (Å²) in [5.74, 6) is 0.716. The summed E-state index contributed by atoms with van der Waals surface area (Å²) in [7, 11) is 0. The maximum Gasteiger partial charge on any atom is 0.123 e. The largest absolute Gasteiger partial charge is 0.489 e. The standard InChI is InChI=1S/C15H16N2O2/c16-15(17)14-7-2-1-5-12(14)10-19-13-6-3-4-11(8-13)9-18/h1-8,18H,9-10H2,(H3,16,17). The van der Waals surface area contributed by atoms with Gasteiger partial charge in [-0.2, -0.15) is 0 Å². The molecule has 0 saturated carbocycles. The highest BCUT2D eigenvalue weighted by Crippen LogP contribution is 2.16. The van der Waals surface area contributed by atoms with E-state index in [9.17, 15) is 0 Å². The molecule has 4 N–H and O–H groups in total. The van der Waals surface area contributed by atoms with Crippen LogP contribution in [0.2, 0.25) is 0 Å². The van der Waals surface area contributed by atoms with Crippen LogP contribution in [0.15, 0.2) is 48.5 Å². The van der Waals surface area contributed by atoms with Crippen LogP contribution >= 0.6 is 0 Å². The van der Waals surface area contributed by atoms with E-state index in [2.05, 4.69) is 0 Å². The van der Waals surface area contributed by atoms with Crippen LogP contribution in [-0.2, 0) is 13.2 Å². The predicted octanol–water partition coefficient (Wildman–Crippen LogP) is 2.04. The monoisotopic (exact) mass is 256 g/mol. The van der Waals surface area contributed by atoms with Crippen LogP contribution in [0, 0.1) is 5.41 Å². The molecule has 0 bridgehead atoms. The van der Waals surface area contributed by atoms with E-state index in [4.69, 9.17) is 21.0 Å². The lowest BCUT2D eigenvalue weighted by molar-refractivity contribution is 0.278. The Hall–Kier alpha value is -2.33. The molecule has 0 aromatic heterocycles. The molecule has 0 aliphatic heterocycles. The Bertz CT molecular complexity index is 582. The van der Waals surface area contributed by atoms with Gasteiger partial charge in [0.05, 0.1) is 6.61 Å². The van der Waals surface area contributed by atoms with Gasteiger partial charge < -0.3 is 15.6 Å². The van der Waals surface area contributed by atoms with Crippen molar-refractivity contribution in [2.75, 3.05) is 0 Å². The van der Waals surface area contributed by atoms with Crippen molar-refractivity contribution in [3.05, 3.63) is 65.2 Å². The summed E-state index contributed by atoms with van der Waals surface area (Å²) in [5, 5.41) is 16.6. The van der Waals surface area contributed by atoms with Crippen molar-refractivity contribution in [3.8, 4) is 5.75 Å². The highest BCUT2D eigenvalue weighted by Gasteiger charge is 2.05. The molecule has 0 heterocycles. The minimum absolute atomic E-state index is 0.0127. The van der Waals surface area contributed by atoms with Crippen molar-refractivity contribution >= 4 is 5.84 Å². The van der Waals surface area contributed by atoms with E-state index >= 15 is 0 Å². The van der Waals surface area contributed by atoms with Crippen molar-refractivity contribution in [1.29, 1.82) is 5.41 Å². The zero-order valence-electron chi connectivity index (χ0n) is 10.5. The molecule has 2 aromatic carbocycles. The van der Waals surface area contributed by atoms with Crippen LogP contribution < -0.4 is 10.5 Å². The second-order valence-corrected chi connectivity index (χ2v) is 4.17. The van der Waals surface area contributed by atoms with Crippen LogP contribution in [0.4, 0.5) is 0 Å². The zero-order valence-corrected chi connectivity index (χ0v) is 10.5. The Balaban J connectivity index is 2.12. The minimum Gasteiger partial charge on any atom is -0.489 e. The molecule has 0 fully saturated rings. The molecule has 2 aromatic rings. The Morgan fingerprint density at radius 1 is 1.16 bits per heavy atom. The van der Waals surface area contributed by atoms with Crippen LogP contribution in [0.25, 0.3) is 0 Å². The molecule has 0 spiro atoms. The van der Waals surface area contributed by atoms with E-state index in [-0.39, 0.29) is 12.4 Å². The van der Waals surface area contributed by atoms with Crippen molar-refractivity contribution < 1.29 is 9.84 Å².